The van der Waals surface area contributed by atoms with Gasteiger partial charge in [0.2, 0.25) is 5.91 Å². The van der Waals surface area contributed by atoms with Crippen molar-refractivity contribution in [1.29, 1.82) is 0 Å². The minimum Gasteiger partial charge on any atom is -0.345 e. The average molecular weight is 358 g/mol. The van der Waals surface area contributed by atoms with Crippen molar-refractivity contribution in [2.24, 2.45) is 0 Å². The molecule has 3 aromatic rings. The molecule has 1 aromatic carbocycles. The van der Waals surface area contributed by atoms with Crippen molar-refractivity contribution in [2.75, 3.05) is 31.1 Å². The van der Waals surface area contributed by atoms with Gasteiger partial charge in [0.05, 0.1) is 27.3 Å². The van der Waals surface area contributed by atoms with Crippen LogP contribution in [0.4, 0.5) is 5.13 Å². The second-order valence-electron chi connectivity index (χ2n) is 5.87. The topological polar surface area (TPSA) is 49.3 Å². The molecule has 2 aromatic heterocycles. The van der Waals surface area contributed by atoms with E-state index in [1.165, 1.54) is 4.70 Å². The third kappa shape index (κ3) is 3.14. The summed E-state index contributed by atoms with van der Waals surface area (Å²) in [5.74, 6) is 0.171. The van der Waals surface area contributed by atoms with Crippen molar-refractivity contribution < 1.29 is 4.79 Å². The molecule has 0 unspecified atom stereocenters. The SMILES string of the molecule is Cc1nc(CC(=O)N2CCN(c3nc4ccccc4s3)CC2)cs1. The van der Waals surface area contributed by atoms with Crippen LogP contribution in [0.5, 0.6) is 0 Å². The van der Waals surface area contributed by atoms with Crippen molar-refractivity contribution in [3.8, 4) is 0 Å². The van der Waals surface area contributed by atoms with Crippen LogP contribution in [-0.4, -0.2) is 47.0 Å². The van der Waals surface area contributed by atoms with Gasteiger partial charge in [0, 0.05) is 31.6 Å². The van der Waals surface area contributed by atoms with E-state index in [1.54, 1.807) is 22.7 Å². The lowest BCUT2D eigenvalue weighted by Gasteiger charge is -2.34. The van der Waals surface area contributed by atoms with E-state index in [9.17, 15) is 4.79 Å². The molecule has 24 heavy (non-hydrogen) atoms. The van der Waals surface area contributed by atoms with Gasteiger partial charge in [0.25, 0.3) is 0 Å². The molecule has 0 N–H and O–H groups in total. The number of piperazine rings is 1. The highest BCUT2D eigenvalue weighted by Gasteiger charge is 2.23. The maximum absolute atomic E-state index is 12.4. The molecule has 0 radical (unpaired) electrons. The van der Waals surface area contributed by atoms with Gasteiger partial charge in [-0.05, 0) is 19.1 Å². The summed E-state index contributed by atoms with van der Waals surface area (Å²) in [7, 11) is 0. The van der Waals surface area contributed by atoms with Crippen molar-refractivity contribution in [2.45, 2.75) is 13.3 Å². The molecule has 5 nitrogen and oxygen atoms in total. The predicted molar refractivity (Wildman–Crippen MR) is 99.0 cm³/mol. The summed E-state index contributed by atoms with van der Waals surface area (Å²) >= 11 is 3.32. The zero-order chi connectivity index (χ0) is 16.5. The average Bonchev–Trinajstić information content (AvgIpc) is 3.21. The number of aromatic nitrogens is 2. The minimum atomic E-state index is 0.171. The van der Waals surface area contributed by atoms with Crippen LogP contribution >= 0.6 is 22.7 Å². The highest BCUT2D eigenvalue weighted by atomic mass is 32.1. The Hall–Kier alpha value is -1.99. The summed E-state index contributed by atoms with van der Waals surface area (Å²) in [4.78, 5) is 25.7. The largest absolute Gasteiger partial charge is 0.345 e. The first-order valence-electron chi connectivity index (χ1n) is 7.98. The molecule has 3 heterocycles. The lowest BCUT2D eigenvalue weighted by atomic mass is 10.2. The normalized spacial score (nSPS) is 15.2. The Morgan fingerprint density at radius 2 is 1.96 bits per heavy atom. The monoisotopic (exact) mass is 358 g/mol. The van der Waals surface area contributed by atoms with Crippen LogP contribution in [0.15, 0.2) is 29.6 Å². The molecular formula is C17H18N4OS2. The summed E-state index contributed by atoms with van der Waals surface area (Å²) in [6, 6.07) is 8.21. The molecule has 0 spiro atoms. The third-order valence-corrected chi connectivity index (χ3v) is 6.10. The smallest absolute Gasteiger partial charge is 0.228 e. The Balaban J connectivity index is 1.38. The van der Waals surface area contributed by atoms with E-state index in [-0.39, 0.29) is 5.91 Å². The van der Waals surface area contributed by atoms with Crippen LogP contribution in [0.3, 0.4) is 0 Å². The zero-order valence-corrected chi connectivity index (χ0v) is 15.1. The Morgan fingerprint density at radius 3 is 2.67 bits per heavy atom. The van der Waals surface area contributed by atoms with Gasteiger partial charge in [0.15, 0.2) is 5.13 Å². The van der Waals surface area contributed by atoms with Gasteiger partial charge in [-0.25, -0.2) is 9.97 Å². The molecule has 0 saturated carbocycles. The number of carbonyl (C=O) groups is 1. The summed E-state index contributed by atoms with van der Waals surface area (Å²) in [6.07, 6.45) is 0.408. The molecule has 4 rings (SSSR count). The van der Waals surface area contributed by atoms with Gasteiger partial charge in [-0.1, -0.05) is 23.5 Å². The number of benzene rings is 1. The fourth-order valence-corrected chi connectivity index (χ4v) is 4.53. The number of fused-ring (bicyclic) bond motifs is 1. The molecular weight excluding hydrogens is 340 g/mol. The number of para-hydroxylation sites is 1. The van der Waals surface area contributed by atoms with Gasteiger partial charge in [-0.15, -0.1) is 11.3 Å². The summed E-state index contributed by atoms with van der Waals surface area (Å²) < 4.78 is 1.21. The van der Waals surface area contributed by atoms with E-state index in [0.29, 0.717) is 6.42 Å². The van der Waals surface area contributed by atoms with Crippen LogP contribution in [0.2, 0.25) is 0 Å². The first-order valence-corrected chi connectivity index (χ1v) is 9.68. The number of nitrogens with zero attached hydrogens (tertiary/aromatic N) is 4. The summed E-state index contributed by atoms with van der Waals surface area (Å²) in [5, 5.41) is 4.04. The quantitative estimate of drug-likeness (QED) is 0.722. The number of thiazole rings is 2. The van der Waals surface area contributed by atoms with Gasteiger partial charge in [0.1, 0.15) is 0 Å². The van der Waals surface area contributed by atoms with Gasteiger partial charge < -0.3 is 9.80 Å². The molecule has 1 fully saturated rings. The fourth-order valence-electron chi connectivity index (χ4n) is 2.90. The standard InChI is InChI=1S/C17H18N4OS2/c1-12-18-13(11-23-12)10-16(22)20-6-8-21(9-7-20)17-19-14-4-2-3-5-15(14)24-17/h2-5,11H,6-10H2,1H3. The molecule has 1 saturated heterocycles. The predicted octanol–water partition coefficient (Wildman–Crippen LogP) is 2.95. The van der Waals surface area contributed by atoms with Crippen LogP contribution < -0.4 is 4.90 Å². The zero-order valence-electron chi connectivity index (χ0n) is 13.4. The van der Waals surface area contributed by atoms with Crippen molar-refractivity contribution in [3.63, 3.8) is 0 Å². The Kier molecular flexibility index (Phi) is 4.20. The third-order valence-electron chi connectivity index (χ3n) is 4.18. The van der Waals surface area contributed by atoms with E-state index in [1.807, 2.05) is 35.4 Å². The molecule has 0 bridgehead atoms. The number of hydrogen-bond donors (Lipinski definition) is 0. The highest BCUT2D eigenvalue weighted by molar-refractivity contribution is 7.22. The first kappa shape index (κ1) is 15.5. The maximum Gasteiger partial charge on any atom is 0.228 e. The van der Waals surface area contributed by atoms with Crippen LogP contribution in [-0.2, 0) is 11.2 Å². The number of aryl methyl sites for hydroxylation is 1. The summed E-state index contributed by atoms with van der Waals surface area (Å²) in [5.41, 5.74) is 1.94. The van der Waals surface area contributed by atoms with E-state index < -0.39 is 0 Å². The number of amides is 1. The lowest BCUT2D eigenvalue weighted by Crippen LogP contribution is -2.49. The van der Waals surface area contributed by atoms with Crippen LogP contribution in [0, 0.1) is 6.92 Å². The van der Waals surface area contributed by atoms with Crippen LogP contribution in [0.1, 0.15) is 10.7 Å². The molecule has 1 aliphatic rings. The number of anilines is 1. The number of carbonyl (C=O) groups excluding carboxylic acids is 1. The molecule has 1 amide bonds. The minimum absolute atomic E-state index is 0.171. The van der Waals surface area contributed by atoms with Crippen molar-refractivity contribution in [1.82, 2.24) is 14.9 Å². The molecule has 124 valence electrons. The number of rotatable bonds is 3. The van der Waals surface area contributed by atoms with Gasteiger partial charge >= 0.3 is 0 Å². The van der Waals surface area contributed by atoms with Gasteiger partial charge in [-0.3, -0.25) is 4.79 Å². The maximum atomic E-state index is 12.4. The van der Waals surface area contributed by atoms with Crippen LogP contribution in [0.25, 0.3) is 10.2 Å². The van der Waals surface area contributed by atoms with Crippen molar-refractivity contribution in [3.05, 3.63) is 40.3 Å². The second-order valence-corrected chi connectivity index (χ2v) is 7.94. The molecule has 0 aliphatic carbocycles. The van der Waals surface area contributed by atoms with E-state index in [4.69, 9.17) is 4.98 Å². The highest BCUT2D eigenvalue weighted by Crippen LogP contribution is 2.29. The Morgan fingerprint density at radius 1 is 1.17 bits per heavy atom. The Bertz CT molecular complexity index is 831. The van der Waals surface area contributed by atoms with E-state index >= 15 is 0 Å². The first-order chi connectivity index (χ1) is 11.7. The lowest BCUT2D eigenvalue weighted by molar-refractivity contribution is -0.130. The Labute approximate surface area is 148 Å². The second kappa shape index (κ2) is 6.49. The molecule has 7 heteroatoms. The van der Waals surface area contributed by atoms with E-state index in [2.05, 4.69) is 16.0 Å². The fraction of sp³-hybridized carbons (Fsp3) is 0.353. The van der Waals surface area contributed by atoms with Gasteiger partial charge in [-0.2, -0.15) is 0 Å². The van der Waals surface area contributed by atoms with Crippen molar-refractivity contribution >= 4 is 43.9 Å². The molecule has 0 atom stereocenters. The number of hydrogen-bond acceptors (Lipinski definition) is 6. The molecule has 1 aliphatic heterocycles. The van der Waals surface area contributed by atoms with E-state index in [0.717, 1.165) is 47.5 Å². The summed E-state index contributed by atoms with van der Waals surface area (Å²) in [6.45, 7) is 5.13.